The van der Waals surface area contributed by atoms with E-state index in [4.69, 9.17) is 9.47 Å². The van der Waals surface area contributed by atoms with Gasteiger partial charge in [0.1, 0.15) is 16.7 Å². The highest BCUT2D eigenvalue weighted by molar-refractivity contribution is 9.10. The Hall–Kier alpha value is -2.28. The lowest BCUT2D eigenvalue weighted by Crippen LogP contribution is -2.69. The van der Waals surface area contributed by atoms with Crippen molar-refractivity contribution < 1.29 is 19.1 Å². The molecule has 1 aliphatic heterocycles. The van der Waals surface area contributed by atoms with Gasteiger partial charge < -0.3 is 19.7 Å². The summed E-state index contributed by atoms with van der Waals surface area (Å²) < 4.78 is 11.9. The van der Waals surface area contributed by atoms with E-state index in [-0.39, 0.29) is 0 Å². The molecule has 2 aromatic rings. The van der Waals surface area contributed by atoms with E-state index in [2.05, 4.69) is 21.2 Å². The van der Waals surface area contributed by atoms with E-state index in [9.17, 15) is 9.59 Å². The van der Waals surface area contributed by atoms with Crippen LogP contribution >= 0.6 is 15.9 Å². The summed E-state index contributed by atoms with van der Waals surface area (Å²) in [6, 6.07) is 11.9. The first kappa shape index (κ1) is 22.4. The zero-order chi connectivity index (χ0) is 22.3. The van der Waals surface area contributed by atoms with Gasteiger partial charge in [0.2, 0.25) is 0 Å². The molecule has 1 heterocycles. The normalized spacial score (nSPS) is 16.0. The van der Waals surface area contributed by atoms with Gasteiger partial charge in [-0.2, -0.15) is 0 Å². The van der Waals surface area contributed by atoms with Gasteiger partial charge in [-0.25, -0.2) is 9.59 Å². The van der Waals surface area contributed by atoms with Crippen LogP contribution in [0.25, 0.3) is 10.8 Å². The van der Waals surface area contributed by atoms with E-state index in [1.165, 1.54) is 0 Å². The van der Waals surface area contributed by atoms with Crippen molar-refractivity contribution in [2.75, 3.05) is 13.1 Å². The van der Waals surface area contributed by atoms with Gasteiger partial charge in [0, 0.05) is 9.86 Å². The predicted molar refractivity (Wildman–Crippen MR) is 121 cm³/mol. The lowest BCUT2D eigenvalue weighted by molar-refractivity contribution is -0.0226. The number of rotatable bonds is 2. The van der Waals surface area contributed by atoms with Gasteiger partial charge in [0.05, 0.1) is 13.1 Å². The molecule has 30 heavy (non-hydrogen) atoms. The molecular formula is C23H29BrN2O4. The van der Waals surface area contributed by atoms with E-state index in [0.29, 0.717) is 13.1 Å². The standard InChI is InChI=1S/C23H29BrN2O4/c1-21(2,3)29-19(27)25-23(13-26(14-23)20(28)30-22(4,5)6)16-11-7-9-15-10-8-12-17(24)18(15)16/h7-12H,13-14H2,1-6H3,(H,25,27). The number of likely N-dealkylation sites (tertiary alicyclic amines) is 1. The third kappa shape index (κ3) is 4.89. The van der Waals surface area contributed by atoms with Crippen molar-refractivity contribution >= 4 is 38.9 Å². The van der Waals surface area contributed by atoms with Gasteiger partial charge in [-0.05, 0) is 58.6 Å². The fourth-order valence-electron chi connectivity index (χ4n) is 3.57. The Morgan fingerprint density at radius 1 is 0.967 bits per heavy atom. The maximum absolute atomic E-state index is 12.7. The number of fused-ring (bicyclic) bond motifs is 1. The average molecular weight is 477 g/mol. The first-order chi connectivity index (χ1) is 13.8. The fourth-order valence-corrected chi connectivity index (χ4v) is 4.17. The smallest absolute Gasteiger partial charge is 0.410 e. The van der Waals surface area contributed by atoms with Crippen LogP contribution in [-0.2, 0) is 15.0 Å². The number of hydrogen-bond acceptors (Lipinski definition) is 4. The number of halogens is 1. The summed E-state index contributed by atoms with van der Waals surface area (Å²) in [4.78, 5) is 26.8. The van der Waals surface area contributed by atoms with Crippen molar-refractivity contribution in [2.45, 2.75) is 58.3 Å². The number of ether oxygens (including phenoxy) is 2. The number of alkyl carbamates (subject to hydrolysis) is 1. The van der Waals surface area contributed by atoms with Crippen LogP contribution in [0.15, 0.2) is 40.9 Å². The molecule has 0 aliphatic carbocycles. The lowest BCUT2D eigenvalue weighted by atomic mass is 9.80. The second-order valence-corrected chi connectivity index (χ2v) is 10.5. The van der Waals surface area contributed by atoms with Crippen molar-refractivity contribution in [3.05, 3.63) is 46.4 Å². The molecule has 2 aromatic carbocycles. The number of amides is 2. The van der Waals surface area contributed by atoms with Crippen LogP contribution in [0.4, 0.5) is 9.59 Å². The predicted octanol–water partition coefficient (Wildman–Crippen LogP) is 5.57. The Morgan fingerprint density at radius 3 is 2.10 bits per heavy atom. The third-order valence-corrected chi connectivity index (χ3v) is 5.34. The van der Waals surface area contributed by atoms with Crippen molar-refractivity contribution in [3.63, 3.8) is 0 Å². The Kier molecular flexibility index (Phi) is 5.80. The van der Waals surface area contributed by atoms with Gasteiger partial charge in [-0.15, -0.1) is 0 Å². The Labute approximate surface area is 186 Å². The van der Waals surface area contributed by atoms with E-state index in [0.717, 1.165) is 20.8 Å². The zero-order valence-electron chi connectivity index (χ0n) is 18.3. The van der Waals surface area contributed by atoms with Crippen LogP contribution < -0.4 is 5.32 Å². The molecule has 1 N–H and O–H groups in total. The minimum absolute atomic E-state index is 0.293. The summed E-state index contributed by atoms with van der Waals surface area (Å²) in [6.45, 7) is 11.5. The first-order valence-electron chi connectivity index (χ1n) is 9.96. The highest BCUT2D eigenvalue weighted by Crippen LogP contribution is 2.40. The van der Waals surface area contributed by atoms with Crippen LogP contribution in [0.2, 0.25) is 0 Å². The second kappa shape index (κ2) is 7.76. The number of benzene rings is 2. The molecule has 0 aromatic heterocycles. The van der Waals surface area contributed by atoms with Gasteiger partial charge in [-0.3, -0.25) is 0 Å². The Morgan fingerprint density at radius 2 is 1.53 bits per heavy atom. The number of hydrogen-bond donors (Lipinski definition) is 1. The van der Waals surface area contributed by atoms with Crippen molar-refractivity contribution in [1.82, 2.24) is 10.2 Å². The molecule has 0 bridgehead atoms. The van der Waals surface area contributed by atoms with Crippen LogP contribution in [0.1, 0.15) is 47.1 Å². The van der Waals surface area contributed by atoms with E-state index < -0.39 is 28.9 Å². The molecule has 1 fully saturated rings. The van der Waals surface area contributed by atoms with Gasteiger partial charge in [0.25, 0.3) is 0 Å². The molecule has 3 rings (SSSR count). The minimum Gasteiger partial charge on any atom is -0.444 e. The molecule has 0 spiro atoms. The average Bonchev–Trinajstić information content (AvgIpc) is 2.54. The van der Waals surface area contributed by atoms with Crippen molar-refractivity contribution in [2.24, 2.45) is 0 Å². The third-order valence-electron chi connectivity index (χ3n) is 4.68. The topological polar surface area (TPSA) is 67.9 Å². The highest BCUT2D eigenvalue weighted by Gasteiger charge is 2.50. The molecule has 0 atom stereocenters. The maximum Gasteiger partial charge on any atom is 0.410 e. The summed E-state index contributed by atoms with van der Waals surface area (Å²) in [6.07, 6.45) is -0.918. The summed E-state index contributed by atoms with van der Waals surface area (Å²) in [7, 11) is 0. The van der Waals surface area contributed by atoms with Crippen LogP contribution in [0, 0.1) is 0 Å². The molecule has 0 saturated carbocycles. The summed E-state index contributed by atoms with van der Waals surface area (Å²) in [5.74, 6) is 0. The quantitative estimate of drug-likeness (QED) is 0.614. The van der Waals surface area contributed by atoms with E-state index in [1.807, 2.05) is 77.9 Å². The number of carbonyl (C=O) groups is 2. The fraction of sp³-hybridized carbons (Fsp3) is 0.478. The zero-order valence-corrected chi connectivity index (χ0v) is 19.9. The molecule has 2 amide bonds. The summed E-state index contributed by atoms with van der Waals surface area (Å²) in [5.41, 5.74) is -1.06. The molecule has 0 radical (unpaired) electrons. The first-order valence-corrected chi connectivity index (χ1v) is 10.8. The Balaban J connectivity index is 1.97. The van der Waals surface area contributed by atoms with Gasteiger partial charge in [-0.1, -0.05) is 46.3 Å². The van der Waals surface area contributed by atoms with Gasteiger partial charge >= 0.3 is 12.2 Å². The molecule has 7 heteroatoms. The molecule has 162 valence electrons. The summed E-state index contributed by atoms with van der Waals surface area (Å²) in [5, 5.41) is 5.08. The molecular weight excluding hydrogens is 448 g/mol. The summed E-state index contributed by atoms with van der Waals surface area (Å²) >= 11 is 3.64. The molecule has 1 aliphatic rings. The Bertz CT molecular complexity index is 964. The molecule has 0 unspecified atom stereocenters. The second-order valence-electron chi connectivity index (χ2n) is 9.69. The largest absolute Gasteiger partial charge is 0.444 e. The lowest BCUT2D eigenvalue weighted by Gasteiger charge is -2.50. The molecule has 1 saturated heterocycles. The number of nitrogens with zero attached hydrogens (tertiary/aromatic N) is 1. The van der Waals surface area contributed by atoms with Crippen molar-refractivity contribution in [1.29, 1.82) is 0 Å². The van der Waals surface area contributed by atoms with Gasteiger partial charge in [0.15, 0.2) is 0 Å². The SMILES string of the molecule is CC(C)(C)OC(=O)NC1(c2cccc3cccc(Br)c23)CN(C(=O)OC(C)(C)C)C1. The number of nitrogens with one attached hydrogen (secondary N) is 1. The van der Waals surface area contributed by atoms with Crippen molar-refractivity contribution in [3.8, 4) is 0 Å². The van der Waals surface area contributed by atoms with E-state index >= 15 is 0 Å². The maximum atomic E-state index is 12.7. The van der Waals surface area contributed by atoms with Crippen LogP contribution in [0.5, 0.6) is 0 Å². The van der Waals surface area contributed by atoms with Crippen LogP contribution in [-0.4, -0.2) is 41.4 Å². The monoisotopic (exact) mass is 476 g/mol. The number of carbonyl (C=O) groups excluding carboxylic acids is 2. The van der Waals surface area contributed by atoms with Crippen LogP contribution in [0.3, 0.4) is 0 Å². The minimum atomic E-state index is -0.775. The molecule has 6 nitrogen and oxygen atoms in total. The van der Waals surface area contributed by atoms with E-state index in [1.54, 1.807) is 4.90 Å². The highest BCUT2D eigenvalue weighted by atomic mass is 79.9.